The zero-order valence-corrected chi connectivity index (χ0v) is 40.3. The molecule has 0 amide bonds. The minimum atomic E-state index is 0.0378. The normalized spacial score (nSPS) is 11.4. The molecule has 9 rings (SSSR count). The van der Waals surface area contributed by atoms with Crippen molar-refractivity contribution < 1.29 is 9.59 Å². The first-order valence-electron chi connectivity index (χ1n) is 25.7. The van der Waals surface area contributed by atoms with E-state index in [1.165, 1.54) is 134 Å². The Morgan fingerprint density at radius 1 is 0.304 bits per heavy atom. The minimum absolute atomic E-state index is 0.0378. The Morgan fingerprint density at radius 2 is 0.580 bits per heavy atom. The summed E-state index contributed by atoms with van der Waals surface area (Å²) in [6.07, 6.45) is 19.0. The van der Waals surface area contributed by atoms with E-state index in [-0.39, 0.29) is 11.6 Å². The highest BCUT2D eigenvalue weighted by atomic mass is 16.1. The van der Waals surface area contributed by atoms with Crippen LogP contribution in [0.5, 0.6) is 0 Å². The number of ketones is 2. The highest BCUT2D eigenvalue weighted by Gasteiger charge is 2.15. The summed E-state index contributed by atoms with van der Waals surface area (Å²) in [4.78, 5) is 26.1. The fourth-order valence-corrected chi connectivity index (χ4v) is 10.0. The van der Waals surface area contributed by atoms with Crippen LogP contribution in [0.25, 0.3) is 66.3 Å². The molecule has 1 aromatic heterocycles. The van der Waals surface area contributed by atoms with Gasteiger partial charge < -0.3 is 4.57 Å². The molecule has 0 aliphatic rings. The molecule has 3 nitrogen and oxygen atoms in total. The molecule has 0 saturated carbocycles. The van der Waals surface area contributed by atoms with Crippen molar-refractivity contribution in [2.75, 3.05) is 0 Å². The topological polar surface area (TPSA) is 39.1 Å². The molecule has 0 radical (unpaired) electrons. The molecular weight excluding hydrogens is 839 g/mol. The lowest BCUT2D eigenvalue weighted by Gasteiger charge is -2.10. The van der Waals surface area contributed by atoms with Crippen LogP contribution in [0, 0.1) is 0 Å². The van der Waals surface area contributed by atoms with E-state index < -0.39 is 0 Å². The fraction of sp³-hybridized carbons (Fsp3) is 0.242. The van der Waals surface area contributed by atoms with Crippen molar-refractivity contribution in [1.29, 1.82) is 0 Å². The second-order valence-corrected chi connectivity index (χ2v) is 18.9. The minimum Gasteiger partial charge on any atom is -0.340 e. The molecule has 9 aromatic rings. The monoisotopic (exact) mass is 904 g/mol. The Balaban J connectivity index is 0.914. The number of fused-ring (bicyclic) bond motifs is 3. The molecule has 0 spiro atoms. The molecule has 0 aliphatic heterocycles. The summed E-state index contributed by atoms with van der Waals surface area (Å²) < 4.78 is 2.56. The lowest BCUT2D eigenvalue weighted by atomic mass is 9.96. The predicted octanol–water partition coefficient (Wildman–Crippen LogP) is 18.4. The smallest absolute Gasteiger partial charge is 0.193 e. The number of rotatable bonds is 23. The summed E-state index contributed by atoms with van der Waals surface area (Å²) in [5.74, 6) is 0.0757. The van der Waals surface area contributed by atoms with Crippen molar-refractivity contribution >= 4 is 33.4 Å². The van der Waals surface area contributed by atoms with Crippen LogP contribution in [0.2, 0.25) is 0 Å². The van der Waals surface area contributed by atoms with Gasteiger partial charge in [0.1, 0.15) is 0 Å². The number of aromatic nitrogens is 1. The van der Waals surface area contributed by atoms with Gasteiger partial charge in [0.2, 0.25) is 0 Å². The molecule has 346 valence electrons. The van der Waals surface area contributed by atoms with Crippen molar-refractivity contribution in [2.45, 2.75) is 103 Å². The highest BCUT2D eigenvalue weighted by Crippen LogP contribution is 2.37. The largest absolute Gasteiger partial charge is 0.340 e. The van der Waals surface area contributed by atoms with E-state index in [0.717, 1.165) is 28.8 Å². The Bertz CT molecular complexity index is 2880. The van der Waals surface area contributed by atoms with E-state index in [0.29, 0.717) is 22.3 Å². The van der Waals surface area contributed by atoms with Crippen LogP contribution in [-0.4, -0.2) is 16.1 Å². The lowest BCUT2D eigenvalue weighted by molar-refractivity contribution is 0.103. The van der Waals surface area contributed by atoms with Crippen molar-refractivity contribution in [3.63, 3.8) is 0 Å². The summed E-state index contributed by atoms with van der Waals surface area (Å²) >= 11 is 0. The van der Waals surface area contributed by atoms with E-state index >= 15 is 0 Å². The van der Waals surface area contributed by atoms with E-state index in [4.69, 9.17) is 0 Å². The first kappa shape index (κ1) is 47.0. The van der Waals surface area contributed by atoms with Crippen molar-refractivity contribution in [3.8, 4) is 44.5 Å². The number of carbonyl (C=O) groups is 2. The molecule has 69 heavy (non-hydrogen) atoms. The van der Waals surface area contributed by atoms with E-state index in [2.05, 4.69) is 96.4 Å². The third-order valence-corrected chi connectivity index (χ3v) is 14.1. The summed E-state index contributed by atoms with van der Waals surface area (Å²) in [6.45, 7) is 3.30. The summed E-state index contributed by atoms with van der Waals surface area (Å²) in [7, 11) is 0. The Hall–Kier alpha value is -7.10. The van der Waals surface area contributed by atoms with Gasteiger partial charge in [0.25, 0.3) is 0 Å². The van der Waals surface area contributed by atoms with E-state index in [9.17, 15) is 9.59 Å². The van der Waals surface area contributed by atoms with Gasteiger partial charge in [-0.15, -0.1) is 0 Å². The maximum atomic E-state index is 13.0. The standard InChI is InChI=1S/C66H65NO2/c1-2-3-4-5-6-7-8-9-10-11-12-13-14-21-46-67-63-44-42-59(53-30-26-49(27-31-53)51-34-38-57(39-35-51)65(68)55-22-17-15-18-23-55)47-61(63)62-48-60(43-45-64(62)67)54-32-28-50(29-33-54)52-36-40-58(41-37-52)66(69)56-24-19-16-20-25-56/h15-20,22-45,47-48H,2-14,21,46H2,1H3. The molecule has 0 unspecified atom stereocenters. The maximum Gasteiger partial charge on any atom is 0.193 e. The second-order valence-electron chi connectivity index (χ2n) is 18.9. The van der Waals surface area contributed by atoms with Gasteiger partial charge in [-0.25, -0.2) is 0 Å². The van der Waals surface area contributed by atoms with Crippen molar-refractivity contribution in [1.82, 2.24) is 4.57 Å². The van der Waals surface area contributed by atoms with Crippen LogP contribution >= 0.6 is 0 Å². The van der Waals surface area contributed by atoms with Crippen LogP contribution in [0.15, 0.2) is 194 Å². The van der Waals surface area contributed by atoms with Gasteiger partial charge in [0.15, 0.2) is 11.6 Å². The molecule has 0 fully saturated rings. The van der Waals surface area contributed by atoms with Gasteiger partial charge in [-0.1, -0.05) is 260 Å². The van der Waals surface area contributed by atoms with Crippen LogP contribution in [0.3, 0.4) is 0 Å². The number of carbonyl (C=O) groups excluding carboxylic acids is 2. The predicted molar refractivity (Wildman–Crippen MR) is 291 cm³/mol. The third kappa shape index (κ3) is 11.6. The molecule has 0 atom stereocenters. The number of hydrogen-bond donors (Lipinski definition) is 0. The third-order valence-electron chi connectivity index (χ3n) is 14.1. The zero-order valence-electron chi connectivity index (χ0n) is 40.3. The Morgan fingerprint density at radius 3 is 0.928 bits per heavy atom. The van der Waals surface area contributed by atoms with Crippen LogP contribution in [0.4, 0.5) is 0 Å². The lowest BCUT2D eigenvalue weighted by Crippen LogP contribution is -2.00. The van der Waals surface area contributed by atoms with Gasteiger partial charge in [0, 0.05) is 50.6 Å². The van der Waals surface area contributed by atoms with E-state index in [1.807, 2.05) is 109 Å². The maximum absolute atomic E-state index is 13.0. The van der Waals surface area contributed by atoms with Crippen LogP contribution in [0.1, 0.15) is 129 Å². The summed E-state index contributed by atoms with van der Waals surface area (Å²) in [5.41, 5.74) is 14.5. The van der Waals surface area contributed by atoms with Crippen molar-refractivity contribution in [2.24, 2.45) is 0 Å². The molecule has 1 heterocycles. The Kier molecular flexibility index (Phi) is 15.8. The number of unbranched alkanes of at least 4 members (excludes halogenated alkanes) is 13. The van der Waals surface area contributed by atoms with Gasteiger partial charge in [0.05, 0.1) is 0 Å². The summed E-state index contributed by atoms with van der Waals surface area (Å²) in [5, 5.41) is 2.55. The molecule has 0 aliphatic carbocycles. The number of nitrogens with zero attached hydrogens (tertiary/aromatic N) is 1. The fourth-order valence-electron chi connectivity index (χ4n) is 10.0. The van der Waals surface area contributed by atoms with Crippen molar-refractivity contribution in [3.05, 3.63) is 216 Å². The first-order valence-corrected chi connectivity index (χ1v) is 25.7. The number of benzene rings is 8. The van der Waals surface area contributed by atoms with Gasteiger partial charge in [-0.05, 0) is 75.2 Å². The molecule has 8 aromatic carbocycles. The number of aryl methyl sites for hydroxylation is 1. The highest BCUT2D eigenvalue weighted by molar-refractivity contribution is 6.11. The molecule has 0 N–H and O–H groups in total. The number of hydrogen-bond acceptors (Lipinski definition) is 2. The molecule has 0 bridgehead atoms. The van der Waals surface area contributed by atoms with Gasteiger partial charge in [-0.3, -0.25) is 9.59 Å². The summed E-state index contributed by atoms with van der Waals surface area (Å²) in [6, 6.07) is 66.4. The van der Waals surface area contributed by atoms with Gasteiger partial charge >= 0.3 is 0 Å². The molecular formula is C66H65NO2. The van der Waals surface area contributed by atoms with E-state index in [1.54, 1.807) is 0 Å². The average Bonchev–Trinajstić information content (AvgIpc) is 3.73. The SMILES string of the molecule is CCCCCCCCCCCCCCCCn1c2ccc(-c3ccc(-c4ccc(C(=O)c5ccccc5)cc4)cc3)cc2c2cc(-c3ccc(-c4ccc(C(=O)c5ccccc5)cc4)cc3)ccc21. The zero-order chi connectivity index (χ0) is 47.2. The van der Waals surface area contributed by atoms with Gasteiger partial charge in [-0.2, -0.15) is 0 Å². The second kappa shape index (κ2) is 23.3. The average molecular weight is 904 g/mol. The quantitative estimate of drug-likeness (QED) is 0.0474. The molecule has 0 saturated heterocycles. The first-order chi connectivity index (χ1) is 34.0. The molecule has 3 heteroatoms. The van der Waals surface area contributed by atoms with Crippen LogP contribution < -0.4 is 0 Å². The Labute approximate surface area is 409 Å². The van der Waals surface area contributed by atoms with Crippen LogP contribution in [-0.2, 0) is 6.54 Å².